The number of aliphatic hydroxyl groups is 1. The zero-order valence-corrected chi connectivity index (χ0v) is 13.2. The minimum Gasteiger partial charge on any atom is -0.391 e. The first kappa shape index (κ1) is 15.6. The highest BCUT2D eigenvalue weighted by atomic mass is 16.3. The lowest BCUT2D eigenvalue weighted by atomic mass is 10.2. The second-order valence-electron chi connectivity index (χ2n) is 5.93. The van der Waals surface area contributed by atoms with Crippen LogP contribution in [0.4, 0.5) is 5.69 Å². The van der Waals surface area contributed by atoms with E-state index in [1.807, 2.05) is 24.4 Å². The van der Waals surface area contributed by atoms with Crippen molar-refractivity contribution < 1.29 is 14.7 Å². The largest absolute Gasteiger partial charge is 0.391 e. The van der Waals surface area contributed by atoms with Gasteiger partial charge in [0.1, 0.15) is 0 Å². The van der Waals surface area contributed by atoms with Crippen LogP contribution in [-0.2, 0) is 16.1 Å². The Bertz CT molecular complexity index is 738. The molecule has 0 unspecified atom stereocenters. The van der Waals surface area contributed by atoms with E-state index in [1.165, 1.54) is 4.90 Å². The Morgan fingerprint density at radius 3 is 2.87 bits per heavy atom. The predicted molar refractivity (Wildman–Crippen MR) is 88.1 cm³/mol. The van der Waals surface area contributed by atoms with Gasteiger partial charge in [0.05, 0.1) is 11.6 Å². The third-order valence-electron chi connectivity index (χ3n) is 4.14. The summed E-state index contributed by atoms with van der Waals surface area (Å²) in [5.74, 6) is -1.25. The summed E-state index contributed by atoms with van der Waals surface area (Å²) < 4.78 is 2.13. The van der Waals surface area contributed by atoms with E-state index >= 15 is 0 Å². The van der Waals surface area contributed by atoms with E-state index < -0.39 is 17.9 Å². The summed E-state index contributed by atoms with van der Waals surface area (Å²) in [5, 5.41) is 13.2. The molecule has 0 bridgehead atoms. The van der Waals surface area contributed by atoms with Crippen molar-refractivity contribution in [2.45, 2.75) is 32.4 Å². The molecular formula is C17H21N3O3. The van der Waals surface area contributed by atoms with Gasteiger partial charge < -0.3 is 19.9 Å². The molecule has 122 valence electrons. The Labute approximate surface area is 134 Å². The predicted octanol–water partition coefficient (Wildman–Crippen LogP) is 1.58. The number of likely N-dealkylation sites (tertiary alicyclic amines) is 1. The number of hydrogen-bond donors (Lipinski definition) is 2. The summed E-state index contributed by atoms with van der Waals surface area (Å²) in [7, 11) is 0. The maximum atomic E-state index is 12.1. The van der Waals surface area contributed by atoms with Crippen molar-refractivity contribution in [2.75, 3.05) is 18.4 Å². The van der Waals surface area contributed by atoms with E-state index in [9.17, 15) is 14.7 Å². The molecule has 3 rings (SSSR count). The summed E-state index contributed by atoms with van der Waals surface area (Å²) in [6.45, 7) is 3.67. The monoisotopic (exact) mass is 315 g/mol. The topological polar surface area (TPSA) is 74.6 Å². The Kier molecular flexibility index (Phi) is 4.34. The van der Waals surface area contributed by atoms with E-state index in [4.69, 9.17) is 0 Å². The van der Waals surface area contributed by atoms with E-state index in [1.54, 1.807) is 6.07 Å². The number of benzene rings is 1. The number of amides is 2. The van der Waals surface area contributed by atoms with E-state index in [0.717, 1.165) is 23.9 Å². The van der Waals surface area contributed by atoms with E-state index in [0.29, 0.717) is 18.7 Å². The smallest absolute Gasteiger partial charge is 0.313 e. The number of carbonyl (C=O) groups is 2. The number of nitrogens with one attached hydrogen (secondary N) is 1. The average molecular weight is 315 g/mol. The summed E-state index contributed by atoms with van der Waals surface area (Å²) in [4.78, 5) is 25.6. The number of aryl methyl sites for hydroxylation is 1. The van der Waals surface area contributed by atoms with Crippen LogP contribution in [0.2, 0.25) is 0 Å². The minimum atomic E-state index is -0.660. The van der Waals surface area contributed by atoms with Crippen LogP contribution in [0, 0.1) is 0 Å². The molecule has 1 aliphatic rings. The minimum absolute atomic E-state index is 0.227. The fraction of sp³-hybridized carbons (Fsp3) is 0.412. The van der Waals surface area contributed by atoms with Crippen LogP contribution in [0.1, 0.15) is 19.8 Å². The van der Waals surface area contributed by atoms with Gasteiger partial charge in [-0.15, -0.1) is 0 Å². The summed E-state index contributed by atoms with van der Waals surface area (Å²) in [6, 6.07) is 7.65. The quantitative estimate of drug-likeness (QED) is 0.845. The SMILES string of the molecule is CCCn1ccc2ccc(NC(=O)C(=O)N3CC[C@@H](O)C3)cc21. The third-order valence-corrected chi connectivity index (χ3v) is 4.14. The summed E-state index contributed by atoms with van der Waals surface area (Å²) in [6.07, 6.45) is 3.04. The normalized spacial score (nSPS) is 17.7. The average Bonchev–Trinajstić information content (AvgIpc) is 3.14. The fourth-order valence-electron chi connectivity index (χ4n) is 2.95. The summed E-state index contributed by atoms with van der Waals surface area (Å²) in [5.41, 5.74) is 1.64. The lowest BCUT2D eigenvalue weighted by Gasteiger charge is -2.15. The van der Waals surface area contributed by atoms with Gasteiger partial charge in [-0.1, -0.05) is 13.0 Å². The van der Waals surface area contributed by atoms with Gasteiger partial charge in [-0.05, 0) is 36.4 Å². The molecule has 6 nitrogen and oxygen atoms in total. The van der Waals surface area contributed by atoms with Crippen LogP contribution in [-0.4, -0.2) is 45.6 Å². The Morgan fingerprint density at radius 2 is 2.17 bits per heavy atom. The first-order valence-electron chi connectivity index (χ1n) is 7.95. The lowest BCUT2D eigenvalue weighted by Crippen LogP contribution is -2.38. The maximum Gasteiger partial charge on any atom is 0.313 e. The number of β-amino-alcohol motifs (C(OH)–C–C–N with tert-alkyl or cyclic N) is 1. The standard InChI is InChI=1S/C17H21N3O3/c1-2-7-19-8-5-12-3-4-13(10-15(12)19)18-16(22)17(23)20-9-6-14(21)11-20/h3-5,8,10,14,21H,2,6-7,9,11H2,1H3,(H,18,22)/t14-/m1/s1. The Morgan fingerprint density at radius 1 is 1.35 bits per heavy atom. The molecule has 1 atom stereocenters. The van der Waals surface area contributed by atoms with Crippen molar-refractivity contribution in [3.05, 3.63) is 30.5 Å². The van der Waals surface area contributed by atoms with Crippen molar-refractivity contribution in [2.24, 2.45) is 0 Å². The van der Waals surface area contributed by atoms with Gasteiger partial charge in [0, 0.05) is 31.5 Å². The lowest BCUT2D eigenvalue weighted by molar-refractivity contribution is -0.142. The molecule has 1 saturated heterocycles. The van der Waals surface area contributed by atoms with Gasteiger partial charge in [-0.2, -0.15) is 0 Å². The fourth-order valence-corrected chi connectivity index (χ4v) is 2.95. The molecule has 23 heavy (non-hydrogen) atoms. The molecule has 1 aromatic heterocycles. The number of anilines is 1. The number of rotatable bonds is 3. The molecule has 1 aromatic carbocycles. The molecule has 2 heterocycles. The molecule has 2 aromatic rings. The number of nitrogens with zero attached hydrogens (tertiary/aromatic N) is 2. The molecule has 6 heteroatoms. The van der Waals surface area contributed by atoms with E-state index in [-0.39, 0.29) is 6.54 Å². The molecule has 0 spiro atoms. The Balaban J connectivity index is 1.74. The number of carbonyl (C=O) groups excluding carboxylic acids is 2. The molecule has 2 amide bonds. The summed E-state index contributed by atoms with van der Waals surface area (Å²) >= 11 is 0. The highest BCUT2D eigenvalue weighted by Crippen LogP contribution is 2.21. The molecule has 1 aliphatic heterocycles. The number of aliphatic hydroxyl groups excluding tert-OH is 1. The highest BCUT2D eigenvalue weighted by Gasteiger charge is 2.28. The first-order chi connectivity index (χ1) is 11.1. The van der Waals surface area contributed by atoms with Crippen molar-refractivity contribution in [3.63, 3.8) is 0 Å². The van der Waals surface area contributed by atoms with Gasteiger partial charge in [-0.25, -0.2) is 0 Å². The molecular weight excluding hydrogens is 294 g/mol. The molecule has 1 fully saturated rings. The number of hydrogen-bond acceptors (Lipinski definition) is 3. The molecule has 0 radical (unpaired) electrons. The second kappa shape index (κ2) is 6.42. The third kappa shape index (κ3) is 3.22. The first-order valence-corrected chi connectivity index (χ1v) is 7.95. The van der Waals surface area contributed by atoms with Gasteiger partial charge in [-0.3, -0.25) is 9.59 Å². The van der Waals surface area contributed by atoms with Crippen LogP contribution in [0.25, 0.3) is 10.9 Å². The zero-order chi connectivity index (χ0) is 16.4. The van der Waals surface area contributed by atoms with Crippen molar-refractivity contribution in [3.8, 4) is 0 Å². The second-order valence-corrected chi connectivity index (χ2v) is 5.93. The van der Waals surface area contributed by atoms with Crippen molar-refractivity contribution in [1.82, 2.24) is 9.47 Å². The van der Waals surface area contributed by atoms with Crippen LogP contribution >= 0.6 is 0 Å². The highest BCUT2D eigenvalue weighted by molar-refractivity contribution is 6.39. The van der Waals surface area contributed by atoms with Crippen molar-refractivity contribution in [1.29, 1.82) is 0 Å². The zero-order valence-electron chi connectivity index (χ0n) is 13.2. The molecule has 0 aliphatic carbocycles. The van der Waals surface area contributed by atoms with Gasteiger partial charge in [0.2, 0.25) is 0 Å². The van der Waals surface area contributed by atoms with Crippen LogP contribution < -0.4 is 5.32 Å². The van der Waals surface area contributed by atoms with Gasteiger partial charge >= 0.3 is 11.8 Å². The Hall–Kier alpha value is -2.34. The van der Waals surface area contributed by atoms with Crippen molar-refractivity contribution >= 4 is 28.4 Å². The number of aromatic nitrogens is 1. The van der Waals surface area contributed by atoms with Crippen LogP contribution in [0.3, 0.4) is 0 Å². The van der Waals surface area contributed by atoms with E-state index in [2.05, 4.69) is 16.8 Å². The number of fused-ring (bicyclic) bond motifs is 1. The maximum absolute atomic E-state index is 12.1. The van der Waals surface area contributed by atoms with Crippen LogP contribution in [0.5, 0.6) is 0 Å². The molecule has 2 N–H and O–H groups in total. The molecule has 0 saturated carbocycles. The van der Waals surface area contributed by atoms with Gasteiger partial charge in [0.25, 0.3) is 0 Å². The van der Waals surface area contributed by atoms with Crippen LogP contribution in [0.15, 0.2) is 30.5 Å². The van der Waals surface area contributed by atoms with Gasteiger partial charge in [0.15, 0.2) is 0 Å².